The molecule has 0 bridgehead atoms. The zero-order valence-corrected chi connectivity index (χ0v) is 20.2. The first-order valence-corrected chi connectivity index (χ1v) is 11.8. The zero-order chi connectivity index (χ0) is 25.4. The Morgan fingerprint density at radius 3 is 2.83 bits per heavy atom. The van der Waals surface area contributed by atoms with Gasteiger partial charge in [-0.05, 0) is 25.0 Å². The Morgan fingerprint density at radius 1 is 1.36 bits per heavy atom. The number of aromatic nitrogens is 2. The molecule has 5 rings (SSSR count). The van der Waals surface area contributed by atoms with Crippen molar-refractivity contribution in [1.29, 1.82) is 0 Å². The third kappa shape index (κ3) is 4.56. The predicted molar refractivity (Wildman–Crippen MR) is 135 cm³/mol. The molecule has 1 aromatic carbocycles. The van der Waals surface area contributed by atoms with E-state index in [1.54, 1.807) is 21.7 Å². The highest BCUT2D eigenvalue weighted by Gasteiger charge is 2.33. The number of oxime groups is 1. The Hall–Kier alpha value is -3.79. The number of benzene rings is 1. The van der Waals surface area contributed by atoms with E-state index in [9.17, 15) is 14.7 Å². The Balaban J connectivity index is 1.47. The van der Waals surface area contributed by atoms with Gasteiger partial charge < -0.3 is 19.4 Å². The van der Waals surface area contributed by atoms with E-state index >= 15 is 4.39 Å². The molecule has 3 heterocycles. The van der Waals surface area contributed by atoms with Gasteiger partial charge in [0.25, 0.3) is 0 Å². The highest BCUT2D eigenvalue weighted by atomic mass is 35.5. The average Bonchev–Trinajstić information content (AvgIpc) is 3.62. The van der Waals surface area contributed by atoms with Gasteiger partial charge in [-0.2, -0.15) is 0 Å². The monoisotopic (exact) mass is 511 g/mol. The van der Waals surface area contributed by atoms with E-state index in [0.29, 0.717) is 23.8 Å². The number of rotatable bonds is 7. The quantitative estimate of drug-likeness (QED) is 0.382. The maximum absolute atomic E-state index is 15.3. The van der Waals surface area contributed by atoms with Gasteiger partial charge in [-0.1, -0.05) is 35.0 Å². The van der Waals surface area contributed by atoms with Crippen LogP contribution < -0.4 is 10.3 Å². The number of fused-ring (bicyclic) bond motifs is 1. The molecule has 3 aromatic rings. The fourth-order valence-electron chi connectivity index (χ4n) is 4.41. The SMILES string of the molecule is CO/N=C1/CN(c2nc3c(cc2F)c(=O)c(C(=O)O)cn3C2CC2)CC1CN=Cc1ccccc1Cl. The molecule has 0 radical (unpaired) electrons. The Morgan fingerprint density at radius 2 is 2.14 bits per heavy atom. The summed E-state index contributed by atoms with van der Waals surface area (Å²) in [5.74, 6) is -2.14. The number of nitrogens with zero attached hydrogens (tertiary/aromatic N) is 5. The van der Waals surface area contributed by atoms with Gasteiger partial charge >= 0.3 is 5.97 Å². The number of aromatic carboxylic acids is 1. The van der Waals surface area contributed by atoms with E-state index in [0.717, 1.165) is 24.5 Å². The predicted octanol–water partition coefficient (Wildman–Crippen LogP) is 3.78. The number of pyridine rings is 2. The van der Waals surface area contributed by atoms with Crippen molar-refractivity contribution in [1.82, 2.24) is 9.55 Å². The molecule has 1 aliphatic heterocycles. The van der Waals surface area contributed by atoms with Crippen molar-refractivity contribution in [2.45, 2.75) is 18.9 Å². The van der Waals surface area contributed by atoms with E-state index in [1.165, 1.54) is 13.3 Å². The van der Waals surface area contributed by atoms with Crippen LogP contribution in [-0.2, 0) is 4.84 Å². The lowest BCUT2D eigenvalue weighted by molar-refractivity contribution is 0.0695. The summed E-state index contributed by atoms with van der Waals surface area (Å²) >= 11 is 6.19. The second kappa shape index (κ2) is 9.69. The van der Waals surface area contributed by atoms with E-state index in [1.807, 2.05) is 18.2 Å². The molecule has 1 atom stereocenters. The van der Waals surface area contributed by atoms with Gasteiger partial charge in [-0.25, -0.2) is 14.2 Å². The lowest BCUT2D eigenvalue weighted by Crippen LogP contribution is -2.25. The second-order valence-electron chi connectivity index (χ2n) is 8.84. The maximum Gasteiger partial charge on any atom is 0.341 e. The molecular formula is C25H23ClFN5O4. The Bertz CT molecular complexity index is 1470. The number of carboxylic acids is 1. The Labute approximate surface area is 210 Å². The summed E-state index contributed by atoms with van der Waals surface area (Å²) in [6.07, 6.45) is 4.68. The number of anilines is 1. The van der Waals surface area contributed by atoms with Crippen LogP contribution in [-0.4, -0.2) is 59.3 Å². The van der Waals surface area contributed by atoms with E-state index < -0.39 is 22.8 Å². The van der Waals surface area contributed by atoms with Gasteiger partial charge in [0.2, 0.25) is 5.43 Å². The Kier molecular flexibility index (Phi) is 6.44. The molecule has 1 saturated heterocycles. The number of aliphatic imine (C=N–C) groups is 1. The maximum atomic E-state index is 15.3. The second-order valence-corrected chi connectivity index (χ2v) is 9.25. The van der Waals surface area contributed by atoms with Crippen LogP contribution in [0.5, 0.6) is 0 Å². The first-order chi connectivity index (χ1) is 17.4. The number of carboxylic acid groups (broad SMARTS) is 1. The molecule has 1 saturated carbocycles. The van der Waals surface area contributed by atoms with Crippen LogP contribution in [0.25, 0.3) is 11.0 Å². The number of hydrogen-bond donors (Lipinski definition) is 1. The van der Waals surface area contributed by atoms with Crippen LogP contribution in [0, 0.1) is 11.7 Å². The van der Waals surface area contributed by atoms with E-state index in [-0.39, 0.29) is 35.4 Å². The molecule has 1 N–H and O–H groups in total. The molecule has 11 heteroatoms. The highest BCUT2D eigenvalue weighted by molar-refractivity contribution is 6.33. The van der Waals surface area contributed by atoms with Crippen molar-refractivity contribution in [3.63, 3.8) is 0 Å². The molecule has 1 aliphatic carbocycles. The first-order valence-electron chi connectivity index (χ1n) is 11.4. The topological polar surface area (TPSA) is 109 Å². The van der Waals surface area contributed by atoms with Crippen LogP contribution in [0.3, 0.4) is 0 Å². The standard InChI is InChI=1S/C25H23ClFN5O4/c1-36-30-21-13-31(11-15(21)10-28-9-14-4-2-3-5-19(14)26)24-20(27)8-17-22(33)18(25(34)35)12-32(16-6-7-16)23(17)29-24/h2-5,8-9,12,15-16H,6-7,10-11,13H2,1H3,(H,34,35)/b28-9?,30-21-. The van der Waals surface area contributed by atoms with Gasteiger partial charge in [0.05, 0.1) is 17.6 Å². The third-order valence-electron chi connectivity index (χ3n) is 6.34. The molecule has 2 aromatic heterocycles. The number of hydrogen-bond acceptors (Lipinski definition) is 7. The van der Waals surface area contributed by atoms with Gasteiger partial charge in [0.1, 0.15) is 18.3 Å². The summed E-state index contributed by atoms with van der Waals surface area (Å²) in [6, 6.07) is 8.48. The van der Waals surface area contributed by atoms with Gasteiger partial charge in [-0.15, -0.1) is 0 Å². The van der Waals surface area contributed by atoms with Crippen molar-refractivity contribution in [3.05, 3.63) is 68.7 Å². The normalized spacial score (nSPS) is 19.0. The minimum Gasteiger partial charge on any atom is -0.477 e. The molecule has 1 unspecified atom stereocenters. The van der Waals surface area contributed by atoms with E-state index in [4.69, 9.17) is 16.4 Å². The summed E-state index contributed by atoms with van der Waals surface area (Å²) < 4.78 is 17.0. The summed E-state index contributed by atoms with van der Waals surface area (Å²) in [5.41, 5.74) is 0.614. The van der Waals surface area contributed by atoms with Gasteiger partial charge in [-0.3, -0.25) is 9.79 Å². The van der Waals surface area contributed by atoms with Crippen molar-refractivity contribution in [2.24, 2.45) is 16.1 Å². The lowest BCUT2D eigenvalue weighted by atomic mass is 10.1. The van der Waals surface area contributed by atoms with Crippen molar-refractivity contribution in [3.8, 4) is 0 Å². The zero-order valence-electron chi connectivity index (χ0n) is 19.4. The van der Waals surface area contributed by atoms with E-state index in [2.05, 4.69) is 15.1 Å². The molecule has 2 fully saturated rings. The van der Waals surface area contributed by atoms with Crippen LogP contribution in [0.1, 0.15) is 34.8 Å². The highest BCUT2D eigenvalue weighted by Crippen LogP contribution is 2.37. The summed E-state index contributed by atoms with van der Waals surface area (Å²) in [4.78, 5) is 40.1. The summed E-state index contributed by atoms with van der Waals surface area (Å²) in [5, 5.41) is 14.1. The summed E-state index contributed by atoms with van der Waals surface area (Å²) in [7, 11) is 1.45. The molecule has 186 valence electrons. The van der Waals surface area contributed by atoms with Crippen molar-refractivity contribution in [2.75, 3.05) is 31.6 Å². The minimum absolute atomic E-state index is 0.0353. The van der Waals surface area contributed by atoms with Crippen molar-refractivity contribution < 1.29 is 19.1 Å². The number of carbonyl (C=O) groups is 1. The molecule has 2 aliphatic rings. The number of halogens is 2. The third-order valence-corrected chi connectivity index (χ3v) is 6.69. The lowest BCUT2D eigenvalue weighted by Gasteiger charge is -2.19. The molecule has 0 amide bonds. The van der Waals surface area contributed by atoms with Crippen LogP contribution in [0.15, 0.2) is 51.5 Å². The molecule has 0 spiro atoms. The minimum atomic E-state index is -1.35. The fraction of sp³-hybridized carbons (Fsp3) is 0.320. The van der Waals surface area contributed by atoms with Crippen LogP contribution in [0.4, 0.5) is 10.2 Å². The van der Waals surface area contributed by atoms with Gasteiger partial charge in [0.15, 0.2) is 11.6 Å². The molecular weight excluding hydrogens is 489 g/mol. The largest absolute Gasteiger partial charge is 0.477 e. The average molecular weight is 512 g/mol. The fourth-order valence-corrected chi connectivity index (χ4v) is 4.59. The smallest absolute Gasteiger partial charge is 0.341 e. The van der Waals surface area contributed by atoms with Crippen molar-refractivity contribution >= 4 is 46.3 Å². The molecule has 36 heavy (non-hydrogen) atoms. The van der Waals surface area contributed by atoms with Crippen LogP contribution >= 0.6 is 11.6 Å². The van der Waals surface area contributed by atoms with Gasteiger partial charge in [0, 0.05) is 48.0 Å². The van der Waals surface area contributed by atoms with Crippen LogP contribution in [0.2, 0.25) is 5.02 Å². The summed E-state index contributed by atoms with van der Waals surface area (Å²) in [6.45, 7) is 1.04. The molecule has 9 nitrogen and oxygen atoms in total. The first kappa shape index (κ1) is 23.9.